The second-order valence-electron chi connectivity index (χ2n) is 4.52. The molecule has 0 aliphatic carbocycles. The maximum Gasteiger partial charge on any atom is 0.251 e. The Kier molecular flexibility index (Phi) is 3.29. The van der Waals surface area contributed by atoms with E-state index in [4.69, 9.17) is 9.47 Å². The van der Waals surface area contributed by atoms with Gasteiger partial charge >= 0.3 is 0 Å². The number of hydrogen-bond donors (Lipinski definition) is 1. The number of nitrogens with one attached hydrogen (secondary N) is 1. The van der Waals surface area contributed by atoms with Gasteiger partial charge in [0.05, 0.1) is 0 Å². The number of amides is 1. The van der Waals surface area contributed by atoms with Crippen molar-refractivity contribution in [2.75, 3.05) is 20.3 Å². The van der Waals surface area contributed by atoms with Crippen LogP contribution < -0.4 is 14.8 Å². The van der Waals surface area contributed by atoms with E-state index in [0.29, 0.717) is 18.8 Å². The molecule has 1 N–H and O–H groups in total. The molecule has 1 aliphatic heterocycles. The van der Waals surface area contributed by atoms with Gasteiger partial charge in [0.1, 0.15) is 13.2 Å². The number of carbonyl (C=O) groups is 1. The van der Waals surface area contributed by atoms with E-state index in [2.05, 4.69) is 5.32 Å². The standard InChI is InChI=1S/C16H15NO3/c1-17-16(18)13-4-2-3-11(9-13)12-5-6-14-15(10-12)20-8-7-19-14/h2-6,9-10H,7-8H2,1H3,(H,17,18). The average Bonchev–Trinajstić information content (AvgIpc) is 2.53. The molecular formula is C16H15NO3. The van der Waals surface area contributed by atoms with Crippen molar-refractivity contribution in [1.82, 2.24) is 5.32 Å². The Bertz CT molecular complexity index is 652. The van der Waals surface area contributed by atoms with Crippen molar-refractivity contribution in [3.8, 4) is 22.6 Å². The van der Waals surface area contributed by atoms with E-state index in [1.165, 1.54) is 0 Å². The Morgan fingerprint density at radius 1 is 1.00 bits per heavy atom. The third kappa shape index (κ3) is 2.32. The zero-order chi connectivity index (χ0) is 13.9. The lowest BCUT2D eigenvalue weighted by Gasteiger charge is -2.19. The van der Waals surface area contributed by atoms with Gasteiger partial charge in [-0.1, -0.05) is 18.2 Å². The molecule has 4 nitrogen and oxygen atoms in total. The van der Waals surface area contributed by atoms with Crippen LogP contribution >= 0.6 is 0 Å². The summed E-state index contributed by atoms with van der Waals surface area (Å²) in [6, 6.07) is 13.3. The lowest BCUT2D eigenvalue weighted by Crippen LogP contribution is -2.17. The number of fused-ring (bicyclic) bond motifs is 1. The SMILES string of the molecule is CNC(=O)c1cccc(-c2ccc3c(c2)OCCO3)c1. The summed E-state index contributed by atoms with van der Waals surface area (Å²) in [6.45, 7) is 1.15. The summed E-state index contributed by atoms with van der Waals surface area (Å²) in [4.78, 5) is 11.7. The first-order chi connectivity index (χ1) is 9.78. The van der Waals surface area contributed by atoms with Crippen molar-refractivity contribution in [2.45, 2.75) is 0 Å². The first-order valence-electron chi connectivity index (χ1n) is 6.50. The van der Waals surface area contributed by atoms with E-state index in [0.717, 1.165) is 22.6 Å². The third-order valence-electron chi connectivity index (χ3n) is 3.23. The monoisotopic (exact) mass is 269 g/mol. The van der Waals surface area contributed by atoms with Crippen LogP contribution in [0.25, 0.3) is 11.1 Å². The molecule has 1 heterocycles. The first-order valence-corrected chi connectivity index (χ1v) is 6.50. The quantitative estimate of drug-likeness (QED) is 0.911. The molecule has 0 unspecified atom stereocenters. The molecule has 20 heavy (non-hydrogen) atoms. The Hall–Kier alpha value is -2.49. The van der Waals surface area contributed by atoms with E-state index in [1.54, 1.807) is 13.1 Å². The van der Waals surface area contributed by atoms with E-state index in [1.807, 2.05) is 36.4 Å². The van der Waals surface area contributed by atoms with Gasteiger partial charge in [0.15, 0.2) is 11.5 Å². The van der Waals surface area contributed by atoms with Crippen LogP contribution in [0.5, 0.6) is 11.5 Å². The Labute approximate surface area is 117 Å². The molecule has 0 radical (unpaired) electrons. The number of ether oxygens (including phenoxy) is 2. The van der Waals surface area contributed by atoms with Crippen molar-refractivity contribution in [2.24, 2.45) is 0 Å². The highest BCUT2D eigenvalue weighted by Gasteiger charge is 2.13. The highest BCUT2D eigenvalue weighted by atomic mass is 16.6. The molecule has 0 spiro atoms. The molecule has 0 bridgehead atoms. The molecule has 102 valence electrons. The van der Waals surface area contributed by atoms with E-state index >= 15 is 0 Å². The maximum absolute atomic E-state index is 11.7. The minimum Gasteiger partial charge on any atom is -0.486 e. The van der Waals surface area contributed by atoms with Gasteiger partial charge < -0.3 is 14.8 Å². The topological polar surface area (TPSA) is 47.6 Å². The van der Waals surface area contributed by atoms with Crippen molar-refractivity contribution in [3.05, 3.63) is 48.0 Å². The molecule has 0 saturated heterocycles. The highest BCUT2D eigenvalue weighted by molar-refractivity contribution is 5.95. The molecule has 0 aromatic heterocycles. The van der Waals surface area contributed by atoms with Gasteiger partial charge in [-0.3, -0.25) is 4.79 Å². The fraction of sp³-hybridized carbons (Fsp3) is 0.188. The molecule has 1 aliphatic rings. The van der Waals surface area contributed by atoms with Gasteiger partial charge in [0.2, 0.25) is 0 Å². The fourth-order valence-corrected chi connectivity index (χ4v) is 2.21. The molecule has 0 fully saturated rings. The van der Waals surface area contributed by atoms with Gasteiger partial charge in [0.25, 0.3) is 5.91 Å². The van der Waals surface area contributed by atoms with Crippen LogP contribution in [0.4, 0.5) is 0 Å². The van der Waals surface area contributed by atoms with Gasteiger partial charge in [0, 0.05) is 12.6 Å². The summed E-state index contributed by atoms with van der Waals surface area (Å²) in [7, 11) is 1.62. The summed E-state index contributed by atoms with van der Waals surface area (Å²) in [5, 5.41) is 2.63. The molecule has 2 aromatic carbocycles. The molecule has 1 amide bonds. The van der Waals surface area contributed by atoms with E-state index < -0.39 is 0 Å². The van der Waals surface area contributed by atoms with Crippen molar-refractivity contribution in [3.63, 3.8) is 0 Å². The van der Waals surface area contributed by atoms with Crippen molar-refractivity contribution < 1.29 is 14.3 Å². The summed E-state index contributed by atoms with van der Waals surface area (Å²) < 4.78 is 11.1. The Morgan fingerprint density at radius 3 is 2.55 bits per heavy atom. The van der Waals surface area contributed by atoms with E-state index in [9.17, 15) is 4.79 Å². The van der Waals surface area contributed by atoms with Crippen molar-refractivity contribution in [1.29, 1.82) is 0 Å². The van der Waals surface area contributed by atoms with Gasteiger partial charge in [-0.2, -0.15) is 0 Å². The third-order valence-corrected chi connectivity index (χ3v) is 3.23. The fourth-order valence-electron chi connectivity index (χ4n) is 2.21. The summed E-state index contributed by atoms with van der Waals surface area (Å²) in [5.74, 6) is 1.42. The summed E-state index contributed by atoms with van der Waals surface area (Å²) in [6.07, 6.45) is 0. The molecular weight excluding hydrogens is 254 g/mol. The van der Waals surface area contributed by atoms with Crippen molar-refractivity contribution >= 4 is 5.91 Å². The largest absolute Gasteiger partial charge is 0.486 e. The molecule has 2 aromatic rings. The van der Waals surface area contributed by atoms with Crippen LogP contribution in [0.15, 0.2) is 42.5 Å². The van der Waals surface area contributed by atoms with Crippen LogP contribution in [0, 0.1) is 0 Å². The minimum absolute atomic E-state index is 0.0932. The zero-order valence-corrected chi connectivity index (χ0v) is 11.2. The average molecular weight is 269 g/mol. The number of carbonyl (C=O) groups excluding carboxylic acids is 1. The minimum atomic E-state index is -0.0932. The van der Waals surface area contributed by atoms with Crippen LogP contribution in [0.1, 0.15) is 10.4 Å². The maximum atomic E-state index is 11.7. The first kappa shape index (κ1) is 12.5. The Morgan fingerprint density at radius 2 is 1.75 bits per heavy atom. The number of benzene rings is 2. The zero-order valence-electron chi connectivity index (χ0n) is 11.2. The number of hydrogen-bond acceptors (Lipinski definition) is 3. The molecule has 0 saturated carbocycles. The predicted octanol–water partition coefficient (Wildman–Crippen LogP) is 2.48. The highest BCUT2D eigenvalue weighted by Crippen LogP contribution is 2.34. The second-order valence-corrected chi connectivity index (χ2v) is 4.52. The smallest absolute Gasteiger partial charge is 0.251 e. The van der Waals surface area contributed by atoms with E-state index in [-0.39, 0.29) is 5.91 Å². The molecule has 0 atom stereocenters. The summed E-state index contributed by atoms with van der Waals surface area (Å²) in [5.41, 5.74) is 2.61. The van der Waals surface area contributed by atoms with Gasteiger partial charge in [-0.05, 0) is 35.4 Å². The Balaban J connectivity index is 1.98. The number of rotatable bonds is 2. The second kappa shape index (κ2) is 5.25. The van der Waals surface area contributed by atoms with Crippen LogP contribution in [0.2, 0.25) is 0 Å². The predicted molar refractivity (Wildman–Crippen MR) is 76.3 cm³/mol. The lowest BCUT2D eigenvalue weighted by molar-refractivity contribution is 0.0963. The van der Waals surface area contributed by atoms with Gasteiger partial charge in [-0.15, -0.1) is 0 Å². The lowest BCUT2D eigenvalue weighted by atomic mass is 10.0. The van der Waals surface area contributed by atoms with Crippen LogP contribution in [-0.4, -0.2) is 26.2 Å². The summed E-state index contributed by atoms with van der Waals surface area (Å²) >= 11 is 0. The van der Waals surface area contributed by atoms with Gasteiger partial charge in [-0.25, -0.2) is 0 Å². The normalized spacial score (nSPS) is 12.8. The van der Waals surface area contributed by atoms with Crippen LogP contribution in [0.3, 0.4) is 0 Å². The molecule has 4 heteroatoms. The van der Waals surface area contributed by atoms with Crippen LogP contribution in [-0.2, 0) is 0 Å². The molecule has 3 rings (SSSR count).